The number of thiazole rings is 1. The average Bonchev–Trinajstić information content (AvgIpc) is 2.81. The number of rotatable bonds is 5. The summed E-state index contributed by atoms with van der Waals surface area (Å²) in [5, 5.41) is 12.3. The van der Waals surface area contributed by atoms with Gasteiger partial charge >= 0.3 is 5.97 Å². The summed E-state index contributed by atoms with van der Waals surface area (Å²) in [5.74, 6) is -1.69. The van der Waals surface area contributed by atoms with E-state index >= 15 is 0 Å². The summed E-state index contributed by atoms with van der Waals surface area (Å²) in [6.07, 6.45) is 0.0538. The number of amides is 1. The van der Waals surface area contributed by atoms with Gasteiger partial charge in [0.25, 0.3) is 0 Å². The Morgan fingerprint density at radius 2 is 2.18 bits per heavy atom. The average molecular weight is 322 g/mol. The van der Waals surface area contributed by atoms with E-state index in [2.05, 4.69) is 10.3 Å². The predicted molar refractivity (Wildman–Crippen MR) is 80.5 cm³/mol. The summed E-state index contributed by atoms with van der Waals surface area (Å²) >= 11 is 1.04. The summed E-state index contributed by atoms with van der Waals surface area (Å²) in [6.45, 7) is 3.35. The van der Waals surface area contributed by atoms with Crippen molar-refractivity contribution in [2.45, 2.75) is 26.3 Å². The Hall–Kier alpha value is -2.28. The lowest BCUT2D eigenvalue weighted by molar-refractivity contribution is -0.121. The van der Waals surface area contributed by atoms with Gasteiger partial charge in [-0.1, -0.05) is 12.1 Å². The molecule has 1 atom stereocenters. The van der Waals surface area contributed by atoms with Gasteiger partial charge in [0.15, 0.2) is 0 Å². The van der Waals surface area contributed by atoms with Crippen LogP contribution >= 0.6 is 11.3 Å². The summed E-state index contributed by atoms with van der Waals surface area (Å²) < 4.78 is 13.1. The smallest absolute Gasteiger partial charge is 0.347 e. The van der Waals surface area contributed by atoms with Crippen molar-refractivity contribution in [1.29, 1.82) is 0 Å². The van der Waals surface area contributed by atoms with Gasteiger partial charge < -0.3 is 10.4 Å². The van der Waals surface area contributed by atoms with Crippen molar-refractivity contribution < 1.29 is 19.1 Å². The second-order valence-electron chi connectivity index (χ2n) is 4.87. The maximum atomic E-state index is 13.1. The quantitative estimate of drug-likeness (QED) is 0.887. The van der Waals surface area contributed by atoms with Crippen LogP contribution < -0.4 is 5.32 Å². The first-order valence-electron chi connectivity index (χ1n) is 6.61. The molecule has 1 aromatic carbocycles. The number of halogens is 1. The summed E-state index contributed by atoms with van der Waals surface area (Å²) in [5.41, 5.74) is 1.00. The number of carboxylic acid groups (broad SMARTS) is 1. The molecule has 0 bridgehead atoms. The zero-order valence-electron chi connectivity index (χ0n) is 12.1. The number of aromatic carboxylic acids is 1. The standard InChI is InChI=1S/C15H15FN2O3S/c1-8-13(15(20)21)22-14(18-8)9(2)17-12(19)7-10-4-3-5-11(16)6-10/h3-6,9H,7H2,1-2H3,(H,17,19)(H,20,21)/t9-/m1/s1. The monoisotopic (exact) mass is 322 g/mol. The van der Waals surface area contributed by atoms with Crippen LogP contribution in [0, 0.1) is 12.7 Å². The molecule has 0 aliphatic heterocycles. The molecule has 0 aliphatic carbocycles. The number of carboxylic acids is 1. The lowest BCUT2D eigenvalue weighted by Gasteiger charge is -2.11. The molecule has 1 heterocycles. The molecule has 0 spiro atoms. The van der Waals surface area contributed by atoms with Gasteiger partial charge in [0.1, 0.15) is 15.7 Å². The highest BCUT2D eigenvalue weighted by molar-refractivity contribution is 7.13. The third-order valence-electron chi connectivity index (χ3n) is 3.01. The van der Waals surface area contributed by atoms with Crippen LogP contribution in [-0.2, 0) is 11.2 Å². The van der Waals surface area contributed by atoms with Crippen LogP contribution in [-0.4, -0.2) is 22.0 Å². The number of aromatic nitrogens is 1. The minimum Gasteiger partial charge on any atom is -0.477 e. The van der Waals surface area contributed by atoms with Gasteiger partial charge in [-0.15, -0.1) is 11.3 Å². The number of benzene rings is 1. The van der Waals surface area contributed by atoms with Gasteiger partial charge in [0, 0.05) is 0 Å². The van der Waals surface area contributed by atoms with Crippen molar-refractivity contribution in [3.63, 3.8) is 0 Å². The van der Waals surface area contributed by atoms with Crippen molar-refractivity contribution in [3.8, 4) is 0 Å². The third kappa shape index (κ3) is 3.88. The van der Waals surface area contributed by atoms with E-state index in [-0.39, 0.29) is 23.0 Å². The molecule has 0 saturated carbocycles. The lowest BCUT2D eigenvalue weighted by atomic mass is 10.1. The molecule has 0 saturated heterocycles. The molecule has 2 aromatic rings. The second-order valence-corrected chi connectivity index (χ2v) is 5.90. The van der Waals surface area contributed by atoms with Crippen LogP contribution in [0.25, 0.3) is 0 Å². The third-order valence-corrected chi connectivity index (χ3v) is 4.34. The number of carbonyl (C=O) groups excluding carboxylic acids is 1. The highest BCUT2D eigenvalue weighted by atomic mass is 32.1. The van der Waals surface area contributed by atoms with E-state index in [4.69, 9.17) is 5.11 Å². The van der Waals surface area contributed by atoms with Gasteiger partial charge in [0.05, 0.1) is 18.2 Å². The number of nitrogens with one attached hydrogen (secondary N) is 1. The first-order valence-corrected chi connectivity index (χ1v) is 7.43. The Bertz CT molecular complexity index is 715. The number of hydrogen-bond donors (Lipinski definition) is 2. The minimum absolute atomic E-state index is 0.0538. The molecule has 1 amide bonds. The SMILES string of the molecule is Cc1nc([C@@H](C)NC(=O)Cc2cccc(F)c2)sc1C(=O)O. The molecule has 22 heavy (non-hydrogen) atoms. The van der Waals surface area contributed by atoms with Gasteiger partial charge in [-0.05, 0) is 31.5 Å². The lowest BCUT2D eigenvalue weighted by Crippen LogP contribution is -2.28. The van der Waals surface area contributed by atoms with E-state index in [1.54, 1.807) is 26.0 Å². The van der Waals surface area contributed by atoms with Crippen LogP contribution in [0.4, 0.5) is 4.39 Å². The van der Waals surface area contributed by atoms with E-state index in [9.17, 15) is 14.0 Å². The second kappa shape index (κ2) is 6.65. The fraction of sp³-hybridized carbons (Fsp3) is 0.267. The van der Waals surface area contributed by atoms with Crippen molar-refractivity contribution >= 4 is 23.2 Å². The number of hydrogen-bond acceptors (Lipinski definition) is 4. The number of aryl methyl sites for hydroxylation is 1. The van der Waals surface area contributed by atoms with Crippen molar-refractivity contribution in [2.75, 3.05) is 0 Å². The normalized spacial score (nSPS) is 12.0. The van der Waals surface area contributed by atoms with Crippen molar-refractivity contribution in [3.05, 3.63) is 51.2 Å². The van der Waals surface area contributed by atoms with Crippen LogP contribution in [0.15, 0.2) is 24.3 Å². The molecular weight excluding hydrogens is 307 g/mol. The fourth-order valence-electron chi connectivity index (χ4n) is 1.99. The molecule has 5 nitrogen and oxygen atoms in total. The zero-order chi connectivity index (χ0) is 16.3. The highest BCUT2D eigenvalue weighted by Crippen LogP contribution is 2.23. The molecule has 0 radical (unpaired) electrons. The Labute approximate surface area is 130 Å². The van der Waals surface area contributed by atoms with Crippen LogP contribution in [0.3, 0.4) is 0 Å². The Morgan fingerprint density at radius 3 is 2.77 bits per heavy atom. The largest absolute Gasteiger partial charge is 0.477 e. The van der Waals surface area contributed by atoms with Crippen LogP contribution in [0.1, 0.15) is 38.9 Å². The van der Waals surface area contributed by atoms with E-state index in [1.807, 2.05) is 0 Å². The molecular formula is C15H15FN2O3S. The molecule has 0 aliphatic rings. The van der Waals surface area contributed by atoms with Crippen LogP contribution in [0.5, 0.6) is 0 Å². The van der Waals surface area contributed by atoms with E-state index in [0.717, 1.165) is 11.3 Å². The van der Waals surface area contributed by atoms with Gasteiger partial charge in [0.2, 0.25) is 5.91 Å². The molecule has 0 fully saturated rings. The first kappa shape index (κ1) is 16.1. The Kier molecular flexibility index (Phi) is 4.87. The molecule has 116 valence electrons. The van der Waals surface area contributed by atoms with Crippen molar-refractivity contribution in [2.24, 2.45) is 0 Å². The summed E-state index contributed by atoms with van der Waals surface area (Å²) in [4.78, 5) is 27.3. The minimum atomic E-state index is -1.03. The molecule has 1 aromatic heterocycles. The van der Waals surface area contributed by atoms with Gasteiger partial charge in [-0.3, -0.25) is 4.79 Å². The zero-order valence-corrected chi connectivity index (χ0v) is 12.9. The van der Waals surface area contributed by atoms with Crippen LogP contribution in [0.2, 0.25) is 0 Å². The fourth-order valence-corrected chi connectivity index (χ4v) is 2.90. The summed E-state index contributed by atoms with van der Waals surface area (Å²) in [6, 6.07) is 5.43. The Morgan fingerprint density at radius 1 is 1.45 bits per heavy atom. The van der Waals surface area contributed by atoms with Crippen molar-refractivity contribution in [1.82, 2.24) is 10.3 Å². The molecule has 7 heteroatoms. The highest BCUT2D eigenvalue weighted by Gasteiger charge is 2.19. The topological polar surface area (TPSA) is 79.3 Å². The molecule has 2 N–H and O–H groups in total. The maximum Gasteiger partial charge on any atom is 0.347 e. The van der Waals surface area contributed by atoms with E-state index in [1.165, 1.54) is 12.1 Å². The van der Waals surface area contributed by atoms with E-state index < -0.39 is 12.0 Å². The van der Waals surface area contributed by atoms with Gasteiger partial charge in [-0.25, -0.2) is 14.2 Å². The first-order chi connectivity index (χ1) is 10.4. The summed E-state index contributed by atoms with van der Waals surface area (Å²) in [7, 11) is 0. The molecule has 2 rings (SSSR count). The number of nitrogens with zero attached hydrogens (tertiary/aromatic N) is 1. The molecule has 0 unspecified atom stereocenters. The van der Waals surface area contributed by atoms with Gasteiger partial charge in [-0.2, -0.15) is 0 Å². The van der Waals surface area contributed by atoms with E-state index in [0.29, 0.717) is 16.3 Å². The Balaban J connectivity index is 2.02. The number of carbonyl (C=O) groups is 2. The maximum absolute atomic E-state index is 13.1. The predicted octanol–water partition coefficient (Wildman–Crippen LogP) is 2.71.